The minimum atomic E-state index is -0.949. The molecule has 17 heavy (non-hydrogen) atoms. The summed E-state index contributed by atoms with van der Waals surface area (Å²) in [6.07, 6.45) is 1.28. The number of benzene rings is 1. The van der Waals surface area contributed by atoms with Crippen LogP contribution in [0.25, 0.3) is 11.3 Å². The third kappa shape index (κ3) is 2.39. The molecule has 5 nitrogen and oxygen atoms in total. The van der Waals surface area contributed by atoms with Crippen LogP contribution in [0.1, 0.15) is 5.56 Å². The van der Waals surface area contributed by atoms with Crippen molar-refractivity contribution in [1.29, 1.82) is 0 Å². The number of aliphatic carboxylic acids is 1. The van der Waals surface area contributed by atoms with Gasteiger partial charge in [-0.25, -0.2) is 0 Å². The van der Waals surface area contributed by atoms with Crippen LogP contribution in [0, 0.1) is 0 Å². The number of phenolic OH excluding ortho intramolecular Hbond substituents is 1. The van der Waals surface area contributed by atoms with Crippen LogP contribution in [0.2, 0.25) is 0 Å². The summed E-state index contributed by atoms with van der Waals surface area (Å²) in [7, 11) is 0. The van der Waals surface area contributed by atoms with Gasteiger partial charge in [0.1, 0.15) is 11.4 Å². The number of hydrogen-bond donors (Lipinski definition) is 2. The number of carboxylic acids is 1. The van der Waals surface area contributed by atoms with Crippen LogP contribution in [-0.4, -0.2) is 26.4 Å². The molecule has 0 aliphatic heterocycles. The molecule has 0 aliphatic rings. The van der Waals surface area contributed by atoms with Crippen molar-refractivity contribution in [3.05, 3.63) is 42.1 Å². The highest BCUT2D eigenvalue weighted by molar-refractivity contribution is 5.76. The molecule has 5 heteroatoms. The highest BCUT2D eigenvalue weighted by atomic mass is 16.4. The summed E-state index contributed by atoms with van der Waals surface area (Å²) >= 11 is 0. The Morgan fingerprint density at radius 1 is 1.24 bits per heavy atom. The molecule has 0 spiro atoms. The molecule has 2 N–H and O–H groups in total. The zero-order valence-corrected chi connectivity index (χ0v) is 8.87. The Kier molecular flexibility index (Phi) is 3.00. The average Bonchev–Trinajstić information content (AvgIpc) is 2.30. The second kappa shape index (κ2) is 4.61. The van der Waals surface area contributed by atoms with E-state index in [1.165, 1.54) is 12.3 Å². The normalized spacial score (nSPS) is 10.1. The lowest BCUT2D eigenvalue weighted by Gasteiger charge is -2.07. The average molecular weight is 230 g/mol. The highest BCUT2D eigenvalue weighted by Gasteiger charge is 2.12. The molecule has 0 atom stereocenters. The number of carboxylic acid groups (broad SMARTS) is 1. The van der Waals surface area contributed by atoms with Crippen LogP contribution in [0.15, 0.2) is 36.5 Å². The summed E-state index contributed by atoms with van der Waals surface area (Å²) in [6.45, 7) is 0. The van der Waals surface area contributed by atoms with Crippen molar-refractivity contribution in [3.8, 4) is 17.0 Å². The third-order valence-corrected chi connectivity index (χ3v) is 2.31. The van der Waals surface area contributed by atoms with Crippen molar-refractivity contribution < 1.29 is 15.0 Å². The van der Waals surface area contributed by atoms with E-state index in [2.05, 4.69) is 10.2 Å². The molecular formula is C12H10N2O3. The van der Waals surface area contributed by atoms with Gasteiger partial charge in [0.25, 0.3) is 0 Å². The van der Waals surface area contributed by atoms with Gasteiger partial charge in [-0.1, -0.05) is 12.1 Å². The summed E-state index contributed by atoms with van der Waals surface area (Å²) in [4.78, 5) is 10.7. The fraction of sp³-hybridized carbons (Fsp3) is 0.0833. The first-order chi connectivity index (χ1) is 8.18. The molecule has 2 aromatic rings. The minimum Gasteiger partial charge on any atom is -0.507 e. The van der Waals surface area contributed by atoms with E-state index in [9.17, 15) is 9.90 Å². The fourth-order valence-electron chi connectivity index (χ4n) is 1.56. The zero-order chi connectivity index (χ0) is 12.3. The first-order valence-corrected chi connectivity index (χ1v) is 4.99. The lowest BCUT2D eigenvalue weighted by atomic mass is 10.0. The smallest absolute Gasteiger partial charge is 0.307 e. The van der Waals surface area contributed by atoms with Gasteiger partial charge in [0.05, 0.1) is 6.42 Å². The number of para-hydroxylation sites is 1. The molecular weight excluding hydrogens is 220 g/mol. The first kappa shape index (κ1) is 11.1. The summed E-state index contributed by atoms with van der Waals surface area (Å²) < 4.78 is 0. The molecule has 2 rings (SSSR count). The Balaban J connectivity index is 2.52. The van der Waals surface area contributed by atoms with Crippen molar-refractivity contribution in [2.75, 3.05) is 0 Å². The van der Waals surface area contributed by atoms with Crippen molar-refractivity contribution in [1.82, 2.24) is 10.2 Å². The molecule has 0 saturated heterocycles. The second-order valence-electron chi connectivity index (χ2n) is 3.49. The number of phenols is 1. The predicted molar refractivity (Wildman–Crippen MR) is 60.5 cm³/mol. The predicted octanol–water partition coefficient (Wildman–Crippen LogP) is 1.48. The van der Waals surface area contributed by atoms with E-state index in [0.29, 0.717) is 16.8 Å². The fourth-order valence-corrected chi connectivity index (χ4v) is 1.56. The monoisotopic (exact) mass is 230 g/mol. The van der Waals surface area contributed by atoms with Gasteiger partial charge in [-0.15, -0.1) is 0 Å². The number of aromatic hydroxyl groups is 1. The molecule has 86 valence electrons. The van der Waals surface area contributed by atoms with E-state index in [-0.39, 0.29) is 12.2 Å². The van der Waals surface area contributed by atoms with Gasteiger partial charge in [0.2, 0.25) is 0 Å². The van der Waals surface area contributed by atoms with Gasteiger partial charge in [-0.05, 0) is 23.8 Å². The number of rotatable bonds is 3. The summed E-state index contributed by atoms with van der Waals surface area (Å²) in [5, 5.41) is 26.1. The molecule has 0 aliphatic carbocycles. The standard InChI is InChI=1S/C12H10N2O3/c15-10-4-2-1-3-9(10)12-8(7-11(16)17)5-6-13-14-12/h1-6,15H,7H2,(H,16,17). The Hall–Kier alpha value is -2.43. The largest absolute Gasteiger partial charge is 0.507 e. The number of hydrogen-bond acceptors (Lipinski definition) is 4. The number of nitrogens with zero attached hydrogens (tertiary/aromatic N) is 2. The maximum atomic E-state index is 10.7. The first-order valence-electron chi connectivity index (χ1n) is 4.99. The maximum Gasteiger partial charge on any atom is 0.307 e. The van der Waals surface area contributed by atoms with E-state index in [0.717, 1.165) is 0 Å². The van der Waals surface area contributed by atoms with E-state index in [1.807, 2.05) is 0 Å². The van der Waals surface area contributed by atoms with Gasteiger partial charge < -0.3 is 10.2 Å². The van der Waals surface area contributed by atoms with Crippen molar-refractivity contribution in [2.45, 2.75) is 6.42 Å². The lowest BCUT2D eigenvalue weighted by Crippen LogP contribution is -2.03. The molecule has 0 fully saturated rings. The van der Waals surface area contributed by atoms with Crippen molar-refractivity contribution in [2.24, 2.45) is 0 Å². The zero-order valence-electron chi connectivity index (χ0n) is 8.87. The van der Waals surface area contributed by atoms with Crippen LogP contribution in [-0.2, 0) is 11.2 Å². The second-order valence-corrected chi connectivity index (χ2v) is 3.49. The van der Waals surface area contributed by atoms with Crippen molar-refractivity contribution >= 4 is 5.97 Å². The van der Waals surface area contributed by atoms with Crippen LogP contribution in [0.4, 0.5) is 0 Å². The molecule has 0 saturated carbocycles. The van der Waals surface area contributed by atoms with E-state index in [1.54, 1.807) is 24.3 Å². The third-order valence-electron chi connectivity index (χ3n) is 2.31. The van der Waals surface area contributed by atoms with Crippen LogP contribution >= 0.6 is 0 Å². The van der Waals surface area contributed by atoms with Gasteiger partial charge >= 0.3 is 5.97 Å². The molecule has 0 unspecified atom stereocenters. The van der Waals surface area contributed by atoms with Gasteiger partial charge in [0.15, 0.2) is 0 Å². The summed E-state index contributed by atoms with van der Waals surface area (Å²) in [6, 6.07) is 8.21. The molecule has 0 amide bonds. The number of carbonyl (C=O) groups is 1. The van der Waals surface area contributed by atoms with Gasteiger partial charge in [-0.3, -0.25) is 4.79 Å². The minimum absolute atomic E-state index is 0.0552. The summed E-state index contributed by atoms with van der Waals surface area (Å²) in [5.74, 6) is -0.894. The number of aromatic nitrogens is 2. The molecule has 0 radical (unpaired) electrons. The molecule has 1 heterocycles. The van der Waals surface area contributed by atoms with E-state index >= 15 is 0 Å². The Labute approximate surface area is 97.4 Å². The van der Waals surface area contributed by atoms with Crippen molar-refractivity contribution in [3.63, 3.8) is 0 Å². The maximum absolute atomic E-state index is 10.7. The Morgan fingerprint density at radius 3 is 2.71 bits per heavy atom. The SMILES string of the molecule is O=C(O)Cc1ccnnc1-c1ccccc1O. The topological polar surface area (TPSA) is 83.3 Å². The summed E-state index contributed by atoms with van der Waals surface area (Å²) in [5.41, 5.74) is 1.40. The molecule has 1 aromatic heterocycles. The van der Waals surface area contributed by atoms with Crippen LogP contribution in [0.5, 0.6) is 5.75 Å². The van der Waals surface area contributed by atoms with E-state index < -0.39 is 5.97 Å². The van der Waals surface area contributed by atoms with Crippen LogP contribution < -0.4 is 0 Å². The molecule has 1 aromatic carbocycles. The lowest BCUT2D eigenvalue weighted by molar-refractivity contribution is -0.136. The van der Waals surface area contributed by atoms with Crippen LogP contribution in [0.3, 0.4) is 0 Å². The Morgan fingerprint density at radius 2 is 2.00 bits per heavy atom. The van der Waals surface area contributed by atoms with E-state index in [4.69, 9.17) is 5.11 Å². The highest BCUT2D eigenvalue weighted by Crippen LogP contribution is 2.29. The van der Waals surface area contributed by atoms with Gasteiger partial charge in [-0.2, -0.15) is 10.2 Å². The Bertz CT molecular complexity index is 555. The quantitative estimate of drug-likeness (QED) is 0.834. The molecule has 0 bridgehead atoms. The van der Waals surface area contributed by atoms with Gasteiger partial charge in [0, 0.05) is 11.8 Å².